The van der Waals surface area contributed by atoms with E-state index in [0.717, 1.165) is 22.2 Å². The zero-order valence-corrected chi connectivity index (χ0v) is 22.7. The Bertz CT molecular complexity index is 1410. The lowest BCUT2D eigenvalue weighted by Gasteiger charge is -2.26. The third-order valence-corrected chi connectivity index (χ3v) is 6.73. The fraction of sp³-hybridized carbons (Fsp3) is 0.400. The van der Waals surface area contributed by atoms with Crippen LogP contribution < -0.4 is 15.1 Å². The zero-order chi connectivity index (χ0) is 28.2. The fourth-order valence-corrected chi connectivity index (χ4v) is 4.64. The van der Waals surface area contributed by atoms with Gasteiger partial charge in [0.15, 0.2) is 10.9 Å². The number of hydrogen-bond donors (Lipinski definition) is 1. The number of ether oxygens (including phenoxy) is 1. The van der Waals surface area contributed by atoms with Gasteiger partial charge in [0.1, 0.15) is 11.3 Å². The number of nitrogens with one attached hydrogen (secondary N) is 1. The van der Waals surface area contributed by atoms with Crippen molar-refractivity contribution in [2.45, 2.75) is 51.8 Å². The Morgan fingerprint density at radius 1 is 1.13 bits per heavy atom. The number of amides is 2. The van der Waals surface area contributed by atoms with E-state index in [1.165, 1.54) is 18.4 Å². The summed E-state index contributed by atoms with van der Waals surface area (Å²) in [5, 5.41) is 4.96. The molecule has 202 valence electrons. The molecule has 0 atom stereocenters. The molecule has 38 heavy (non-hydrogen) atoms. The monoisotopic (exact) mass is 548 g/mol. The van der Waals surface area contributed by atoms with Crippen LogP contribution in [0.25, 0.3) is 11.4 Å². The van der Waals surface area contributed by atoms with Gasteiger partial charge < -0.3 is 15.0 Å². The van der Waals surface area contributed by atoms with Crippen molar-refractivity contribution in [3.63, 3.8) is 0 Å². The normalized spacial score (nSPS) is 14.9. The van der Waals surface area contributed by atoms with Crippen molar-refractivity contribution in [3.8, 4) is 11.4 Å². The maximum atomic E-state index is 13.4. The predicted molar refractivity (Wildman–Crippen MR) is 139 cm³/mol. The summed E-state index contributed by atoms with van der Waals surface area (Å²) in [6.07, 6.45) is -3.20. The number of thiazole rings is 1. The molecule has 1 aliphatic heterocycles. The molecule has 1 aliphatic rings. The second kappa shape index (κ2) is 9.22. The van der Waals surface area contributed by atoms with Crippen molar-refractivity contribution < 1.29 is 27.5 Å². The van der Waals surface area contributed by atoms with E-state index < -0.39 is 28.8 Å². The molecular weight excluding hydrogens is 521 g/mol. The third-order valence-electron chi connectivity index (χ3n) is 5.97. The summed E-state index contributed by atoms with van der Waals surface area (Å²) in [4.78, 5) is 40.6. The molecule has 3 aromatic rings. The van der Waals surface area contributed by atoms with Gasteiger partial charge in [0.25, 0.3) is 0 Å². The van der Waals surface area contributed by atoms with Crippen molar-refractivity contribution in [2.75, 3.05) is 29.2 Å². The molecule has 0 fully saturated rings. The molecular formula is C25H27F3N6O3S. The van der Waals surface area contributed by atoms with Gasteiger partial charge in [-0.25, -0.2) is 14.8 Å². The topological polar surface area (TPSA) is 101 Å². The van der Waals surface area contributed by atoms with Crippen LogP contribution in [0.1, 0.15) is 45.7 Å². The number of nitrogens with zero attached hydrogens (tertiary/aromatic N) is 5. The van der Waals surface area contributed by atoms with E-state index in [9.17, 15) is 22.8 Å². The summed E-state index contributed by atoms with van der Waals surface area (Å²) < 4.78 is 45.6. The Hall–Kier alpha value is -3.74. The first-order valence-electron chi connectivity index (χ1n) is 11.5. The standard InChI is InChI=1S/C25H27F3N6O3S/c1-23(2,3)37-22(36)34(7)17-8-13(25(26,27)28)10-30-19(17)32-21-31-16(12-38-21)15-9-14-18(11-29-15)33(6)20(35)24(14,4)5/h8-12H,1-7H3,(H,30,31,32). The molecule has 3 aromatic heterocycles. The second-order valence-corrected chi connectivity index (χ2v) is 11.2. The average Bonchev–Trinajstić information content (AvgIpc) is 3.34. The van der Waals surface area contributed by atoms with E-state index in [1.54, 1.807) is 44.3 Å². The number of alkyl halides is 3. The highest BCUT2D eigenvalue weighted by Gasteiger charge is 2.42. The van der Waals surface area contributed by atoms with Gasteiger partial charge in [0.05, 0.1) is 34.2 Å². The summed E-state index contributed by atoms with van der Waals surface area (Å²) in [6.45, 7) is 8.65. The number of rotatable bonds is 4. The van der Waals surface area contributed by atoms with E-state index in [0.29, 0.717) is 22.7 Å². The van der Waals surface area contributed by atoms with Gasteiger partial charge in [-0.05, 0) is 52.3 Å². The highest BCUT2D eigenvalue weighted by Crippen LogP contribution is 2.42. The Kier molecular flexibility index (Phi) is 6.63. The number of halogens is 3. The van der Waals surface area contributed by atoms with E-state index in [4.69, 9.17) is 4.74 Å². The maximum absolute atomic E-state index is 13.4. The van der Waals surface area contributed by atoms with Crippen molar-refractivity contribution >= 4 is 45.7 Å². The molecule has 0 aromatic carbocycles. The van der Waals surface area contributed by atoms with Crippen LogP contribution in [0.5, 0.6) is 0 Å². The lowest BCUT2D eigenvalue weighted by atomic mass is 9.86. The predicted octanol–water partition coefficient (Wildman–Crippen LogP) is 5.99. The lowest BCUT2D eigenvalue weighted by Crippen LogP contribution is -2.34. The minimum atomic E-state index is -4.66. The molecule has 0 radical (unpaired) electrons. The minimum absolute atomic E-state index is 0.0115. The Morgan fingerprint density at radius 2 is 1.82 bits per heavy atom. The second-order valence-electron chi connectivity index (χ2n) is 10.4. The van der Waals surface area contributed by atoms with Crippen LogP contribution in [0.2, 0.25) is 0 Å². The number of pyridine rings is 2. The van der Waals surface area contributed by atoms with Crippen molar-refractivity contribution in [1.82, 2.24) is 15.0 Å². The van der Waals surface area contributed by atoms with Crippen LogP contribution in [0.3, 0.4) is 0 Å². The molecule has 4 rings (SSSR count). The van der Waals surface area contributed by atoms with Crippen LogP contribution in [-0.2, 0) is 21.1 Å². The summed E-state index contributed by atoms with van der Waals surface area (Å²) in [5.74, 6) is -0.0513. The summed E-state index contributed by atoms with van der Waals surface area (Å²) in [7, 11) is 3.00. The largest absolute Gasteiger partial charge is 0.443 e. The zero-order valence-electron chi connectivity index (χ0n) is 21.9. The Labute approximate surface area is 221 Å². The SMILES string of the molecule is CN1C(=O)C(C)(C)c2cc(-c3csc(Nc4ncc(C(F)(F)F)cc4N(C)C(=O)OC(C)(C)C)n3)ncc21. The van der Waals surface area contributed by atoms with Crippen LogP contribution >= 0.6 is 11.3 Å². The van der Waals surface area contributed by atoms with Crippen LogP contribution in [0, 0.1) is 0 Å². The lowest BCUT2D eigenvalue weighted by molar-refractivity contribution is -0.137. The van der Waals surface area contributed by atoms with E-state index in [2.05, 4.69) is 20.3 Å². The molecule has 1 N–H and O–H groups in total. The molecule has 0 bridgehead atoms. The van der Waals surface area contributed by atoms with Crippen molar-refractivity contribution in [2.24, 2.45) is 0 Å². The highest BCUT2D eigenvalue weighted by molar-refractivity contribution is 7.14. The molecule has 0 saturated carbocycles. The van der Waals surface area contributed by atoms with E-state index in [-0.39, 0.29) is 17.4 Å². The number of carbonyl (C=O) groups is 2. The smallest absolute Gasteiger partial charge is 0.417 e. The van der Waals surface area contributed by atoms with Gasteiger partial charge in [-0.2, -0.15) is 13.2 Å². The van der Waals surface area contributed by atoms with Gasteiger partial charge in [0, 0.05) is 25.7 Å². The maximum Gasteiger partial charge on any atom is 0.417 e. The number of carbonyl (C=O) groups excluding carboxylic acids is 2. The van der Waals surface area contributed by atoms with Crippen LogP contribution in [0.15, 0.2) is 29.9 Å². The number of likely N-dealkylation sites (N-methyl/N-ethyl adjacent to an activating group) is 1. The molecule has 0 unspecified atom stereocenters. The van der Waals surface area contributed by atoms with Gasteiger partial charge in [-0.1, -0.05) is 0 Å². The molecule has 13 heteroatoms. The Balaban J connectivity index is 1.66. The molecule has 9 nitrogen and oxygen atoms in total. The number of aromatic nitrogens is 3. The van der Waals surface area contributed by atoms with Crippen molar-refractivity contribution in [3.05, 3.63) is 41.0 Å². The summed E-state index contributed by atoms with van der Waals surface area (Å²) in [6, 6.07) is 2.64. The molecule has 4 heterocycles. The van der Waals surface area contributed by atoms with Crippen LogP contribution in [-0.4, -0.2) is 46.6 Å². The molecule has 0 saturated heterocycles. The average molecular weight is 549 g/mol. The van der Waals surface area contributed by atoms with Gasteiger partial charge in [0.2, 0.25) is 5.91 Å². The molecule has 0 aliphatic carbocycles. The number of fused-ring (bicyclic) bond motifs is 1. The number of anilines is 4. The highest BCUT2D eigenvalue weighted by atomic mass is 32.1. The van der Waals surface area contributed by atoms with Crippen molar-refractivity contribution in [1.29, 1.82) is 0 Å². The van der Waals surface area contributed by atoms with E-state index >= 15 is 0 Å². The fourth-order valence-electron chi connectivity index (χ4n) is 3.94. The number of hydrogen-bond acceptors (Lipinski definition) is 8. The first kappa shape index (κ1) is 27.3. The molecule has 2 amide bonds. The Morgan fingerprint density at radius 3 is 2.45 bits per heavy atom. The van der Waals surface area contributed by atoms with Gasteiger partial charge in [-0.15, -0.1) is 11.3 Å². The first-order valence-corrected chi connectivity index (χ1v) is 12.4. The van der Waals surface area contributed by atoms with Gasteiger partial charge in [-0.3, -0.25) is 14.7 Å². The third kappa shape index (κ3) is 5.15. The summed E-state index contributed by atoms with van der Waals surface area (Å²) >= 11 is 1.19. The first-order chi connectivity index (χ1) is 17.5. The minimum Gasteiger partial charge on any atom is -0.443 e. The van der Waals surface area contributed by atoms with Gasteiger partial charge >= 0.3 is 12.3 Å². The molecule has 0 spiro atoms. The summed E-state index contributed by atoms with van der Waals surface area (Å²) in [5.41, 5.74) is -0.131. The van der Waals surface area contributed by atoms with Crippen LogP contribution in [0.4, 0.5) is 40.3 Å². The quantitative estimate of drug-likeness (QED) is 0.428. The van der Waals surface area contributed by atoms with E-state index in [1.807, 2.05) is 19.9 Å².